The maximum atomic E-state index is 13.0. The molecule has 158 valence electrons. The van der Waals surface area contributed by atoms with Gasteiger partial charge < -0.3 is 10.1 Å². The second-order valence-corrected chi connectivity index (χ2v) is 6.67. The number of benzene rings is 2. The summed E-state index contributed by atoms with van der Waals surface area (Å²) in [5, 5.41) is 2.45. The summed E-state index contributed by atoms with van der Waals surface area (Å²) in [6.45, 7) is 2.01. The van der Waals surface area contributed by atoms with Crippen molar-refractivity contribution in [2.24, 2.45) is 0 Å². The number of rotatable bonds is 6. The van der Waals surface area contributed by atoms with Crippen LogP contribution in [0, 0.1) is 0 Å². The van der Waals surface area contributed by atoms with E-state index >= 15 is 0 Å². The molecule has 3 amide bonds. The Balaban J connectivity index is 1.75. The zero-order chi connectivity index (χ0) is 21.9. The molecule has 1 aliphatic rings. The number of carbonyl (C=O) groups is 3. The van der Waals surface area contributed by atoms with Crippen LogP contribution in [-0.4, -0.2) is 29.2 Å². The Kier molecular flexibility index (Phi) is 6.09. The molecule has 3 rings (SSSR count). The van der Waals surface area contributed by atoms with Crippen LogP contribution < -0.4 is 10.1 Å². The number of nitrogens with one attached hydrogen (secondary N) is 1. The van der Waals surface area contributed by atoms with Crippen LogP contribution in [-0.2, 0) is 22.3 Å². The average Bonchev–Trinajstić information content (AvgIpc) is 3.01. The van der Waals surface area contributed by atoms with E-state index in [4.69, 9.17) is 4.74 Å². The van der Waals surface area contributed by atoms with Crippen LogP contribution in [0.15, 0.2) is 42.5 Å². The third kappa shape index (κ3) is 4.79. The van der Waals surface area contributed by atoms with Gasteiger partial charge in [-0.05, 0) is 42.8 Å². The van der Waals surface area contributed by atoms with Gasteiger partial charge in [0.25, 0.3) is 5.91 Å². The molecule has 30 heavy (non-hydrogen) atoms. The minimum absolute atomic E-state index is 0.0889. The third-order valence-electron chi connectivity index (χ3n) is 4.57. The number of halogens is 3. The number of ether oxygens (including phenoxy) is 1. The van der Waals surface area contributed by atoms with Crippen molar-refractivity contribution in [3.05, 3.63) is 59.2 Å². The minimum atomic E-state index is -4.56. The fraction of sp³-hybridized carbons (Fsp3) is 0.286. The second kappa shape index (κ2) is 8.56. The highest BCUT2D eigenvalue weighted by Gasteiger charge is 2.31. The highest BCUT2D eigenvalue weighted by Crippen LogP contribution is 2.35. The van der Waals surface area contributed by atoms with Gasteiger partial charge in [-0.2, -0.15) is 13.2 Å². The molecule has 1 N–H and O–H groups in total. The molecule has 2 aromatic rings. The topological polar surface area (TPSA) is 75.7 Å². The van der Waals surface area contributed by atoms with Crippen LogP contribution in [0.2, 0.25) is 0 Å². The van der Waals surface area contributed by atoms with Crippen LogP contribution in [0.3, 0.4) is 0 Å². The van der Waals surface area contributed by atoms with E-state index < -0.39 is 17.6 Å². The van der Waals surface area contributed by atoms with Gasteiger partial charge >= 0.3 is 6.18 Å². The van der Waals surface area contributed by atoms with Gasteiger partial charge in [-0.15, -0.1) is 0 Å². The Morgan fingerprint density at radius 3 is 2.27 bits per heavy atom. The first kappa shape index (κ1) is 21.4. The standard InChI is InChI=1S/C21H19F3N2O4/c1-2-30-17-8-7-15(21(22,23)24)11-16(17)25-20(29)14-5-3-13(4-6-14)12-26-18(27)9-10-19(26)28/h3-8,11H,2,9-10,12H2,1H3,(H,25,29). The fourth-order valence-corrected chi connectivity index (χ4v) is 3.02. The molecule has 0 unspecified atom stereocenters. The first-order valence-corrected chi connectivity index (χ1v) is 9.26. The van der Waals surface area contributed by atoms with Gasteiger partial charge in [-0.25, -0.2) is 0 Å². The van der Waals surface area contributed by atoms with E-state index in [0.717, 1.165) is 23.1 Å². The zero-order valence-electron chi connectivity index (χ0n) is 16.1. The minimum Gasteiger partial charge on any atom is -0.492 e. The molecule has 2 aromatic carbocycles. The molecule has 0 aromatic heterocycles. The van der Waals surface area contributed by atoms with E-state index in [2.05, 4.69) is 5.32 Å². The number of likely N-dealkylation sites (tertiary alicyclic amines) is 1. The molecule has 9 heteroatoms. The first-order valence-electron chi connectivity index (χ1n) is 9.26. The summed E-state index contributed by atoms with van der Waals surface area (Å²) in [6.07, 6.45) is -4.17. The maximum Gasteiger partial charge on any atom is 0.416 e. The Morgan fingerprint density at radius 1 is 1.07 bits per heavy atom. The van der Waals surface area contributed by atoms with Gasteiger partial charge in [0.1, 0.15) is 5.75 Å². The first-order chi connectivity index (χ1) is 14.2. The van der Waals surface area contributed by atoms with E-state index in [1.807, 2.05) is 0 Å². The molecule has 1 aliphatic heterocycles. The van der Waals surface area contributed by atoms with Crippen LogP contribution in [0.25, 0.3) is 0 Å². The summed E-state index contributed by atoms with van der Waals surface area (Å²) in [5.74, 6) is -0.971. The summed E-state index contributed by atoms with van der Waals surface area (Å²) in [4.78, 5) is 37.1. The van der Waals surface area contributed by atoms with Gasteiger partial charge in [-0.1, -0.05) is 12.1 Å². The Hall–Kier alpha value is -3.36. The Labute approximate surface area is 170 Å². The molecule has 0 atom stereocenters. The lowest BCUT2D eigenvalue weighted by atomic mass is 10.1. The highest BCUT2D eigenvalue weighted by atomic mass is 19.4. The van der Waals surface area contributed by atoms with Crippen molar-refractivity contribution in [2.45, 2.75) is 32.5 Å². The van der Waals surface area contributed by atoms with E-state index in [1.54, 1.807) is 19.1 Å². The highest BCUT2D eigenvalue weighted by molar-refractivity contribution is 6.05. The third-order valence-corrected chi connectivity index (χ3v) is 4.57. The second-order valence-electron chi connectivity index (χ2n) is 6.67. The van der Waals surface area contributed by atoms with Crippen LogP contribution in [0.1, 0.15) is 41.3 Å². The molecule has 1 saturated heterocycles. The normalized spacial score (nSPS) is 14.2. The van der Waals surface area contributed by atoms with Gasteiger partial charge in [-0.3, -0.25) is 19.3 Å². The van der Waals surface area contributed by atoms with E-state index in [0.29, 0.717) is 5.56 Å². The van der Waals surface area contributed by atoms with Gasteiger partial charge in [0.15, 0.2) is 0 Å². The van der Waals surface area contributed by atoms with Crippen LogP contribution in [0.5, 0.6) is 5.75 Å². The van der Waals surface area contributed by atoms with Gasteiger partial charge in [0, 0.05) is 18.4 Å². The fourth-order valence-electron chi connectivity index (χ4n) is 3.02. The molecule has 0 spiro atoms. The summed E-state index contributed by atoms with van der Waals surface area (Å²) in [5.41, 5.74) is -0.132. The lowest BCUT2D eigenvalue weighted by Gasteiger charge is -2.15. The SMILES string of the molecule is CCOc1ccc(C(F)(F)F)cc1NC(=O)c1ccc(CN2C(=O)CCC2=O)cc1. The number of imide groups is 1. The number of carbonyl (C=O) groups excluding carboxylic acids is 3. The number of hydrogen-bond donors (Lipinski definition) is 1. The summed E-state index contributed by atoms with van der Waals surface area (Å²) in [7, 11) is 0. The molecule has 1 fully saturated rings. The predicted molar refractivity (Wildman–Crippen MR) is 102 cm³/mol. The number of nitrogens with zero attached hydrogens (tertiary/aromatic N) is 1. The molecular formula is C21H19F3N2O4. The zero-order valence-corrected chi connectivity index (χ0v) is 16.1. The van der Waals surface area contributed by atoms with Gasteiger partial charge in [0.05, 0.1) is 24.4 Å². The van der Waals surface area contributed by atoms with Crippen molar-refractivity contribution in [1.82, 2.24) is 4.90 Å². The van der Waals surface area contributed by atoms with Crippen molar-refractivity contribution >= 4 is 23.4 Å². The average molecular weight is 420 g/mol. The smallest absolute Gasteiger partial charge is 0.416 e. The molecule has 1 heterocycles. The van der Waals surface area contributed by atoms with Crippen LogP contribution >= 0.6 is 0 Å². The summed E-state index contributed by atoms with van der Waals surface area (Å²) < 4.78 is 44.3. The van der Waals surface area contributed by atoms with E-state index in [-0.39, 0.29) is 54.8 Å². The van der Waals surface area contributed by atoms with Crippen molar-refractivity contribution < 1.29 is 32.3 Å². The van der Waals surface area contributed by atoms with Gasteiger partial charge in [0.2, 0.25) is 11.8 Å². The molecule has 0 radical (unpaired) electrons. The maximum absolute atomic E-state index is 13.0. The van der Waals surface area contributed by atoms with Crippen LogP contribution in [0.4, 0.5) is 18.9 Å². The van der Waals surface area contributed by atoms with E-state index in [1.165, 1.54) is 12.1 Å². The Bertz CT molecular complexity index is 955. The molecule has 0 saturated carbocycles. The number of hydrogen-bond acceptors (Lipinski definition) is 4. The largest absolute Gasteiger partial charge is 0.492 e. The summed E-state index contributed by atoms with van der Waals surface area (Å²) >= 11 is 0. The number of alkyl halides is 3. The van der Waals surface area contributed by atoms with Crippen molar-refractivity contribution in [1.29, 1.82) is 0 Å². The molecule has 0 aliphatic carbocycles. The molecule has 6 nitrogen and oxygen atoms in total. The van der Waals surface area contributed by atoms with Crippen molar-refractivity contribution in [3.8, 4) is 5.75 Å². The quantitative estimate of drug-likeness (QED) is 0.717. The lowest BCUT2D eigenvalue weighted by molar-refractivity contribution is -0.139. The molecular weight excluding hydrogens is 401 g/mol. The number of anilines is 1. The predicted octanol–water partition coefficient (Wildman–Crippen LogP) is 4.01. The number of amides is 3. The van der Waals surface area contributed by atoms with E-state index in [9.17, 15) is 27.6 Å². The molecule has 0 bridgehead atoms. The summed E-state index contributed by atoms with van der Waals surface area (Å²) in [6, 6.07) is 8.99. The van der Waals surface area contributed by atoms with Crippen molar-refractivity contribution in [2.75, 3.05) is 11.9 Å². The van der Waals surface area contributed by atoms with Crippen molar-refractivity contribution in [3.63, 3.8) is 0 Å². The monoisotopic (exact) mass is 420 g/mol. The Morgan fingerprint density at radius 2 is 1.70 bits per heavy atom. The lowest BCUT2D eigenvalue weighted by Crippen LogP contribution is -2.28.